The van der Waals surface area contributed by atoms with Crippen LogP contribution in [-0.2, 0) is 11.3 Å². The molecule has 0 radical (unpaired) electrons. The summed E-state index contributed by atoms with van der Waals surface area (Å²) in [5.41, 5.74) is 3.25. The molecule has 3 rings (SSSR count). The molecule has 0 aliphatic carbocycles. The van der Waals surface area contributed by atoms with Gasteiger partial charge in [0.25, 0.3) is 0 Å². The first-order valence-corrected chi connectivity index (χ1v) is 9.27. The van der Waals surface area contributed by atoms with Crippen molar-refractivity contribution in [1.82, 2.24) is 14.9 Å². The maximum Gasteiger partial charge on any atom is 0.230 e. The fraction of sp³-hybridized carbons (Fsp3) is 0.200. The first kappa shape index (κ1) is 18.1. The number of hydrogen-bond donors (Lipinski definition) is 1. The van der Waals surface area contributed by atoms with E-state index in [4.69, 9.17) is 4.74 Å². The number of aryl methyl sites for hydroxylation is 1. The fourth-order valence-corrected chi connectivity index (χ4v) is 3.34. The lowest BCUT2D eigenvalue weighted by atomic mass is 10.1. The van der Waals surface area contributed by atoms with Crippen LogP contribution in [-0.4, -0.2) is 28.3 Å². The molecule has 1 aromatic heterocycles. The summed E-state index contributed by atoms with van der Waals surface area (Å²) in [5, 5.41) is 3.73. The van der Waals surface area contributed by atoms with Crippen molar-refractivity contribution in [3.63, 3.8) is 0 Å². The molecule has 2 aromatic carbocycles. The van der Waals surface area contributed by atoms with Gasteiger partial charge in [-0.3, -0.25) is 9.36 Å². The number of nitrogens with one attached hydrogen (secondary N) is 1. The second-order valence-electron chi connectivity index (χ2n) is 5.77. The van der Waals surface area contributed by atoms with Crippen molar-refractivity contribution in [3.8, 4) is 11.4 Å². The summed E-state index contributed by atoms with van der Waals surface area (Å²) in [5.74, 6) is 1.08. The maximum atomic E-state index is 12.2. The van der Waals surface area contributed by atoms with Crippen LogP contribution in [0.4, 0.5) is 0 Å². The topological polar surface area (TPSA) is 56.2 Å². The molecule has 0 aliphatic heterocycles. The van der Waals surface area contributed by atoms with Crippen LogP contribution in [0.2, 0.25) is 0 Å². The molecule has 26 heavy (non-hydrogen) atoms. The van der Waals surface area contributed by atoms with Crippen LogP contribution in [0, 0.1) is 6.92 Å². The predicted molar refractivity (Wildman–Crippen MR) is 104 cm³/mol. The molecule has 0 bridgehead atoms. The van der Waals surface area contributed by atoms with Crippen LogP contribution in [0.3, 0.4) is 0 Å². The summed E-state index contributed by atoms with van der Waals surface area (Å²) >= 11 is 1.41. The van der Waals surface area contributed by atoms with Crippen molar-refractivity contribution in [1.29, 1.82) is 0 Å². The second-order valence-corrected chi connectivity index (χ2v) is 6.72. The Hall–Kier alpha value is -2.73. The Bertz CT molecular complexity index is 892. The van der Waals surface area contributed by atoms with Gasteiger partial charge in [0.2, 0.25) is 5.91 Å². The zero-order valence-corrected chi connectivity index (χ0v) is 15.6. The number of rotatable bonds is 7. The number of thioether (sulfide) groups is 1. The van der Waals surface area contributed by atoms with E-state index in [2.05, 4.69) is 10.3 Å². The molecule has 1 N–H and O–H groups in total. The molecule has 1 amide bonds. The van der Waals surface area contributed by atoms with Gasteiger partial charge in [0.15, 0.2) is 5.16 Å². The Labute approximate surface area is 157 Å². The molecule has 134 valence electrons. The Morgan fingerprint density at radius 2 is 2.08 bits per heavy atom. The number of amides is 1. The highest BCUT2D eigenvalue weighted by atomic mass is 32.2. The van der Waals surface area contributed by atoms with Gasteiger partial charge in [-0.15, -0.1) is 0 Å². The van der Waals surface area contributed by atoms with E-state index in [1.807, 2.05) is 66.2 Å². The molecule has 0 aliphatic rings. The van der Waals surface area contributed by atoms with Crippen LogP contribution >= 0.6 is 11.8 Å². The van der Waals surface area contributed by atoms with E-state index in [-0.39, 0.29) is 5.91 Å². The molecule has 0 spiro atoms. The number of carbonyl (C=O) groups excluding carboxylic acids is 1. The summed E-state index contributed by atoms with van der Waals surface area (Å²) in [4.78, 5) is 16.5. The predicted octanol–water partition coefficient (Wildman–Crippen LogP) is 3.60. The van der Waals surface area contributed by atoms with Gasteiger partial charge >= 0.3 is 0 Å². The van der Waals surface area contributed by atoms with Crippen molar-refractivity contribution in [2.75, 3.05) is 12.9 Å². The third kappa shape index (κ3) is 4.46. The van der Waals surface area contributed by atoms with Crippen LogP contribution in [0.15, 0.2) is 66.1 Å². The smallest absolute Gasteiger partial charge is 0.230 e. The highest BCUT2D eigenvalue weighted by Gasteiger charge is 2.10. The van der Waals surface area contributed by atoms with Gasteiger partial charge in [0, 0.05) is 25.0 Å². The largest absolute Gasteiger partial charge is 0.497 e. The number of methoxy groups -OCH3 is 1. The zero-order valence-electron chi connectivity index (χ0n) is 14.8. The molecule has 5 nitrogen and oxygen atoms in total. The van der Waals surface area contributed by atoms with Gasteiger partial charge in [0.05, 0.1) is 18.6 Å². The van der Waals surface area contributed by atoms with E-state index < -0.39 is 0 Å². The van der Waals surface area contributed by atoms with Gasteiger partial charge < -0.3 is 10.1 Å². The molecule has 0 fully saturated rings. The van der Waals surface area contributed by atoms with Gasteiger partial charge in [-0.2, -0.15) is 0 Å². The number of ether oxygens (including phenoxy) is 1. The van der Waals surface area contributed by atoms with Gasteiger partial charge in [0.1, 0.15) is 5.75 Å². The standard InChI is InChI=1S/C20H21N3O2S/c1-15-6-3-4-7-16(15)13-22-19(24)14-26-20-21-10-11-23(20)17-8-5-9-18(12-17)25-2/h3-12H,13-14H2,1-2H3,(H,22,24). The summed E-state index contributed by atoms with van der Waals surface area (Å²) in [6.45, 7) is 2.58. The lowest BCUT2D eigenvalue weighted by Crippen LogP contribution is -2.25. The molecule has 6 heteroatoms. The molecule has 0 atom stereocenters. The number of nitrogens with zero attached hydrogens (tertiary/aromatic N) is 2. The van der Waals surface area contributed by atoms with E-state index in [0.717, 1.165) is 22.2 Å². The molecule has 3 aromatic rings. The molecular weight excluding hydrogens is 346 g/mol. The van der Waals surface area contributed by atoms with Gasteiger partial charge in [-0.25, -0.2) is 4.98 Å². The highest BCUT2D eigenvalue weighted by Crippen LogP contribution is 2.23. The summed E-state index contributed by atoms with van der Waals surface area (Å²) < 4.78 is 7.22. The SMILES string of the molecule is COc1cccc(-n2ccnc2SCC(=O)NCc2ccccc2C)c1. The van der Waals surface area contributed by atoms with E-state index >= 15 is 0 Å². The van der Waals surface area contributed by atoms with E-state index in [1.165, 1.54) is 17.3 Å². The average molecular weight is 367 g/mol. The van der Waals surface area contributed by atoms with Crippen molar-refractivity contribution in [3.05, 3.63) is 72.1 Å². The number of carbonyl (C=O) groups is 1. The van der Waals surface area contributed by atoms with Crippen LogP contribution < -0.4 is 10.1 Å². The quantitative estimate of drug-likeness (QED) is 0.648. The van der Waals surface area contributed by atoms with Crippen molar-refractivity contribution in [2.45, 2.75) is 18.6 Å². The summed E-state index contributed by atoms with van der Waals surface area (Å²) in [6, 6.07) is 15.8. The monoisotopic (exact) mass is 367 g/mol. The Kier molecular flexibility index (Phi) is 5.96. The van der Waals surface area contributed by atoms with Crippen molar-refractivity contribution >= 4 is 17.7 Å². The molecule has 0 unspecified atom stereocenters. The molecular formula is C20H21N3O2S. The Morgan fingerprint density at radius 1 is 1.23 bits per heavy atom. The lowest BCUT2D eigenvalue weighted by molar-refractivity contribution is -0.118. The number of imidazole rings is 1. The molecule has 1 heterocycles. The average Bonchev–Trinajstić information content (AvgIpc) is 3.14. The van der Waals surface area contributed by atoms with Crippen LogP contribution in [0.25, 0.3) is 5.69 Å². The zero-order chi connectivity index (χ0) is 18.4. The highest BCUT2D eigenvalue weighted by molar-refractivity contribution is 7.99. The van der Waals surface area contributed by atoms with E-state index in [0.29, 0.717) is 12.3 Å². The van der Waals surface area contributed by atoms with E-state index in [9.17, 15) is 4.79 Å². The minimum absolute atomic E-state index is 0.0153. The third-order valence-electron chi connectivity index (χ3n) is 4.01. The Morgan fingerprint density at radius 3 is 2.88 bits per heavy atom. The van der Waals surface area contributed by atoms with Crippen LogP contribution in [0.1, 0.15) is 11.1 Å². The van der Waals surface area contributed by atoms with Gasteiger partial charge in [-0.05, 0) is 30.2 Å². The summed E-state index contributed by atoms with van der Waals surface area (Å²) in [7, 11) is 1.64. The van der Waals surface area contributed by atoms with E-state index in [1.54, 1.807) is 13.3 Å². The fourth-order valence-electron chi connectivity index (χ4n) is 2.54. The summed E-state index contributed by atoms with van der Waals surface area (Å²) in [6.07, 6.45) is 3.61. The number of benzene rings is 2. The normalized spacial score (nSPS) is 10.5. The van der Waals surface area contributed by atoms with Gasteiger partial charge in [-0.1, -0.05) is 42.1 Å². The Balaban J connectivity index is 1.59. The van der Waals surface area contributed by atoms with Crippen molar-refractivity contribution < 1.29 is 9.53 Å². The second kappa shape index (κ2) is 8.58. The molecule has 0 saturated carbocycles. The third-order valence-corrected chi connectivity index (χ3v) is 4.97. The lowest BCUT2D eigenvalue weighted by Gasteiger charge is -2.10. The maximum absolute atomic E-state index is 12.2. The van der Waals surface area contributed by atoms with Crippen LogP contribution in [0.5, 0.6) is 5.75 Å². The minimum atomic E-state index is -0.0153. The number of hydrogen-bond acceptors (Lipinski definition) is 4. The van der Waals surface area contributed by atoms with Crippen molar-refractivity contribution in [2.24, 2.45) is 0 Å². The minimum Gasteiger partial charge on any atom is -0.497 e. The first-order valence-electron chi connectivity index (χ1n) is 8.29. The first-order chi connectivity index (χ1) is 12.7. The number of aromatic nitrogens is 2. The molecule has 0 saturated heterocycles.